The fourth-order valence-electron chi connectivity index (χ4n) is 2.16. The third-order valence-electron chi connectivity index (χ3n) is 3.92. The van der Waals surface area contributed by atoms with E-state index < -0.39 is 54.0 Å². The Balaban J connectivity index is 4.71. The van der Waals surface area contributed by atoms with Gasteiger partial charge >= 0.3 is 5.97 Å². The topological polar surface area (TPSA) is 197 Å². The summed E-state index contributed by atoms with van der Waals surface area (Å²) in [6, 6.07) is -4.45. The number of carbonyl (C=O) groups is 4. The molecule has 0 aromatic heterocycles. The molecule has 0 aromatic carbocycles. The monoisotopic (exact) mass is 421 g/mol. The van der Waals surface area contributed by atoms with Crippen LogP contribution in [-0.2, 0) is 19.2 Å². The number of aliphatic hydroxyl groups excluding tert-OH is 1. The average Bonchev–Trinajstić information content (AvgIpc) is 2.62. The molecule has 0 aromatic rings. The number of nitrogens with two attached hydrogens (primary N) is 2. The molecule has 0 radical (unpaired) electrons. The largest absolute Gasteiger partial charge is 0.480 e. The Morgan fingerprint density at radius 3 is 2.07 bits per heavy atom. The smallest absolute Gasteiger partial charge is 0.328 e. The molecule has 5 unspecified atom stereocenters. The van der Waals surface area contributed by atoms with Crippen LogP contribution in [0.1, 0.15) is 33.1 Å². The lowest BCUT2D eigenvalue weighted by Crippen LogP contribution is -2.57. The van der Waals surface area contributed by atoms with Gasteiger partial charge in [0.1, 0.15) is 12.1 Å². The molecule has 0 heterocycles. The second-order valence-corrected chi connectivity index (χ2v) is 6.80. The van der Waals surface area contributed by atoms with Crippen LogP contribution in [-0.4, -0.2) is 76.5 Å². The number of nitrogens with one attached hydrogen (secondary N) is 3. The minimum atomic E-state index is -1.52. The van der Waals surface area contributed by atoms with Gasteiger partial charge < -0.3 is 37.6 Å². The number of aliphatic hydroxyl groups is 1. The van der Waals surface area contributed by atoms with E-state index in [1.165, 1.54) is 13.8 Å². The number of carboxylic acids is 1. The summed E-state index contributed by atoms with van der Waals surface area (Å²) in [5.41, 5.74) is 11.2. The first-order valence-corrected chi connectivity index (χ1v) is 9.56. The summed E-state index contributed by atoms with van der Waals surface area (Å²) in [7, 11) is 0. The second kappa shape index (κ2) is 13.3. The molecular formula is C16H31N5O6S. The van der Waals surface area contributed by atoms with Crippen molar-refractivity contribution >= 4 is 36.3 Å². The molecule has 0 rings (SSSR count). The molecule has 162 valence electrons. The molecule has 0 aliphatic heterocycles. The molecule has 3 amide bonds. The summed E-state index contributed by atoms with van der Waals surface area (Å²) >= 11 is 4.02. The number of unbranched alkanes of at least 4 members (excludes halogenated alkanes) is 1. The van der Waals surface area contributed by atoms with Crippen LogP contribution in [0.25, 0.3) is 0 Å². The van der Waals surface area contributed by atoms with Crippen molar-refractivity contribution in [3.05, 3.63) is 0 Å². The van der Waals surface area contributed by atoms with Gasteiger partial charge in [0, 0.05) is 5.75 Å². The van der Waals surface area contributed by atoms with Crippen molar-refractivity contribution in [3.8, 4) is 0 Å². The van der Waals surface area contributed by atoms with E-state index in [2.05, 4.69) is 28.6 Å². The maximum atomic E-state index is 12.3. The molecule has 0 spiro atoms. The molecule has 0 saturated heterocycles. The zero-order valence-electron chi connectivity index (χ0n) is 16.1. The predicted octanol–water partition coefficient (Wildman–Crippen LogP) is -2.69. The molecular weight excluding hydrogens is 390 g/mol. The summed E-state index contributed by atoms with van der Waals surface area (Å²) in [6.07, 6.45) is 0.496. The van der Waals surface area contributed by atoms with Crippen molar-refractivity contribution in [2.45, 2.75) is 63.4 Å². The number of amides is 3. The van der Waals surface area contributed by atoms with Crippen LogP contribution in [0.5, 0.6) is 0 Å². The van der Waals surface area contributed by atoms with Gasteiger partial charge in [-0.1, -0.05) is 6.42 Å². The van der Waals surface area contributed by atoms with Crippen molar-refractivity contribution in [1.29, 1.82) is 0 Å². The standard InChI is InChI=1S/C16H31N5O6S/c1-8(13(23)21-12(9(2)22)16(26)27)19-15(25)11(7-28)20-14(24)10(18)5-3-4-6-17/h8-12,22,28H,3-7,17-18H2,1-2H3,(H,19,25)(H,20,24)(H,21,23)(H,26,27). The molecule has 11 nitrogen and oxygen atoms in total. The fraction of sp³-hybridized carbons (Fsp3) is 0.750. The number of aliphatic carboxylic acids is 1. The second-order valence-electron chi connectivity index (χ2n) is 6.43. The lowest BCUT2D eigenvalue weighted by atomic mass is 10.1. The number of thiol groups is 1. The van der Waals surface area contributed by atoms with Gasteiger partial charge in [0.05, 0.1) is 12.1 Å². The molecule has 0 aliphatic rings. The minimum Gasteiger partial charge on any atom is -0.480 e. The zero-order chi connectivity index (χ0) is 21.9. The van der Waals surface area contributed by atoms with E-state index >= 15 is 0 Å². The van der Waals surface area contributed by atoms with Crippen LogP contribution in [0.15, 0.2) is 0 Å². The highest BCUT2D eigenvalue weighted by atomic mass is 32.1. The number of rotatable bonds is 13. The molecule has 0 saturated carbocycles. The number of hydrogen-bond donors (Lipinski definition) is 8. The van der Waals surface area contributed by atoms with E-state index in [4.69, 9.17) is 16.6 Å². The lowest BCUT2D eigenvalue weighted by Gasteiger charge is -2.23. The summed E-state index contributed by atoms with van der Waals surface area (Å²) < 4.78 is 0. The summed E-state index contributed by atoms with van der Waals surface area (Å²) in [5, 5.41) is 25.3. The Morgan fingerprint density at radius 2 is 1.61 bits per heavy atom. The Labute approximate surface area is 169 Å². The van der Waals surface area contributed by atoms with Gasteiger partial charge in [-0.05, 0) is 33.2 Å². The van der Waals surface area contributed by atoms with E-state index in [1.54, 1.807) is 0 Å². The van der Waals surface area contributed by atoms with Crippen LogP contribution in [0, 0.1) is 0 Å². The van der Waals surface area contributed by atoms with Gasteiger partial charge in [-0.15, -0.1) is 0 Å². The maximum Gasteiger partial charge on any atom is 0.328 e. The molecule has 0 aliphatic carbocycles. The number of carboxylic acid groups (broad SMARTS) is 1. The third kappa shape index (κ3) is 9.35. The summed E-state index contributed by atoms with van der Waals surface area (Å²) in [4.78, 5) is 47.4. The van der Waals surface area contributed by atoms with Crippen LogP contribution in [0.2, 0.25) is 0 Å². The van der Waals surface area contributed by atoms with E-state index in [0.29, 0.717) is 19.4 Å². The quantitative estimate of drug-likeness (QED) is 0.116. The normalized spacial score (nSPS) is 16.2. The van der Waals surface area contributed by atoms with Gasteiger partial charge in [0.2, 0.25) is 17.7 Å². The zero-order valence-corrected chi connectivity index (χ0v) is 16.9. The van der Waals surface area contributed by atoms with Crippen molar-refractivity contribution in [2.75, 3.05) is 12.3 Å². The Hall–Kier alpha value is -1.89. The van der Waals surface area contributed by atoms with E-state index in [-0.39, 0.29) is 5.75 Å². The van der Waals surface area contributed by atoms with Crippen molar-refractivity contribution in [2.24, 2.45) is 11.5 Å². The highest BCUT2D eigenvalue weighted by molar-refractivity contribution is 7.80. The van der Waals surface area contributed by atoms with Crippen molar-refractivity contribution in [1.82, 2.24) is 16.0 Å². The van der Waals surface area contributed by atoms with Crippen LogP contribution in [0.3, 0.4) is 0 Å². The molecule has 0 fully saturated rings. The van der Waals surface area contributed by atoms with Gasteiger partial charge in [-0.3, -0.25) is 14.4 Å². The van der Waals surface area contributed by atoms with Crippen LogP contribution in [0.4, 0.5) is 0 Å². The molecule has 12 heteroatoms. The minimum absolute atomic E-state index is 0.0349. The highest BCUT2D eigenvalue weighted by Crippen LogP contribution is 2.00. The molecule has 9 N–H and O–H groups in total. The summed E-state index contributed by atoms with van der Waals surface area (Å²) in [6.45, 7) is 3.05. The van der Waals surface area contributed by atoms with Crippen LogP contribution >= 0.6 is 12.6 Å². The Kier molecular flexibility index (Phi) is 12.4. The molecule has 5 atom stereocenters. The molecule has 28 heavy (non-hydrogen) atoms. The van der Waals surface area contributed by atoms with E-state index in [9.17, 15) is 24.3 Å². The van der Waals surface area contributed by atoms with E-state index in [1.807, 2.05) is 0 Å². The van der Waals surface area contributed by atoms with Crippen molar-refractivity contribution < 1.29 is 29.4 Å². The Morgan fingerprint density at radius 1 is 1.00 bits per heavy atom. The first-order valence-electron chi connectivity index (χ1n) is 8.93. The van der Waals surface area contributed by atoms with E-state index in [0.717, 1.165) is 6.42 Å². The predicted molar refractivity (Wildman–Crippen MR) is 106 cm³/mol. The number of carbonyl (C=O) groups excluding carboxylic acids is 3. The Bertz CT molecular complexity index is 548. The summed E-state index contributed by atoms with van der Waals surface area (Å²) in [5.74, 6) is -3.45. The fourth-order valence-corrected chi connectivity index (χ4v) is 2.42. The molecule has 0 bridgehead atoms. The van der Waals surface area contributed by atoms with Crippen LogP contribution < -0.4 is 27.4 Å². The lowest BCUT2D eigenvalue weighted by molar-refractivity contribution is -0.145. The van der Waals surface area contributed by atoms with Gasteiger partial charge in [0.15, 0.2) is 6.04 Å². The van der Waals surface area contributed by atoms with Gasteiger partial charge in [-0.2, -0.15) is 12.6 Å². The third-order valence-corrected chi connectivity index (χ3v) is 4.28. The van der Waals surface area contributed by atoms with Gasteiger partial charge in [-0.25, -0.2) is 4.79 Å². The highest BCUT2D eigenvalue weighted by Gasteiger charge is 2.29. The maximum absolute atomic E-state index is 12.3. The SMILES string of the molecule is CC(NC(=O)C(CS)NC(=O)C(N)CCCCN)C(=O)NC(C(=O)O)C(C)O. The first kappa shape index (κ1) is 26.1. The average molecular weight is 422 g/mol. The van der Waals surface area contributed by atoms with Gasteiger partial charge in [0.25, 0.3) is 0 Å². The first-order chi connectivity index (χ1) is 13.0. The van der Waals surface area contributed by atoms with Crippen molar-refractivity contribution in [3.63, 3.8) is 0 Å². The number of hydrogen-bond acceptors (Lipinski definition) is 8.